The average molecular weight is 220 g/mol. The third-order valence-electron chi connectivity index (χ3n) is 3.21. The van der Waals surface area contributed by atoms with Crippen molar-refractivity contribution in [2.45, 2.75) is 20.3 Å². The molecule has 0 aromatic carbocycles. The molecule has 4 heteroatoms. The number of nitrogens with zero attached hydrogens (tertiary/aromatic N) is 3. The fraction of sp³-hybridized carbons (Fsp3) is 0.667. The summed E-state index contributed by atoms with van der Waals surface area (Å²) in [6, 6.07) is 0. The van der Waals surface area contributed by atoms with Gasteiger partial charge in [0.1, 0.15) is 0 Å². The Hall–Kier alpha value is -1.16. The first-order valence-electron chi connectivity index (χ1n) is 5.81. The zero-order chi connectivity index (χ0) is 11.6. The van der Waals surface area contributed by atoms with Gasteiger partial charge in [-0.3, -0.25) is 0 Å². The second-order valence-electron chi connectivity index (χ2n) is 5.07. The van der Waals surface area contributed by atoms with Crippen molar-refractivity contribution in [1.82, 2.24) is 15.3 Å². The molecular formula is C12H20N4. The lowest BCUT2D eigenvalue weighted by Crippen LogP contribution is -2.33. The molecule has 2 rings (SSSR count). The summed E-state index contributed by atoms with van der Waals surface area (Å²) >= 11 is 0. The third kappa shape index (κ3) is 2.32. The number of hydrogen-bond acceptors (Lipinski definition) is 4. The highest BCUT2D eigenvalue weighted by Gasteiger charge is 2.34. The van der Waals surface area contributed by atoms with E-state index in [9.17, 15) is 0 Å². The molecule has 0 saturated carbocycles. The van der Waals surface area contributed by atoms with Crippen LogP contribution in [0.4, 0.5) is 5.95 Å². The number of aryl methyl sites for hydroxylation is 1. The van der Waals surface area contributed by atoms with E-state index < -0.39 is 0 Å². The summed E-state index contributed by atoms with van der Waals surface area (Å²) in [5.74, 6) is 0.866. The monoisotopic (exact) mass is 220 g/mol. The number of hydrogen-bond donors (Lipinski definition) is 1. The van der Waals surface area contributed by atoms with Crippen molar-refractivity contribution >= 4 is 5.95 Å². The highest BCUT2D eigenvalue weighted by Crippen LogP contribution is 2.30. The Kier molecular flexibility index (Phi) is 3.10. The smallest absolute Gasteiger partial charge is 0.225 e. The molecule has 0 aliphatic carbocycles. The molecule has 16 heavy (non-hydrogen) atoms. The molecule has 1 N–H and O–H groups in total. The van der Waals surface area contributed by atoms with Crippen LogP contribution < -0.4 is 10.2 Å². The van der Waals surface area contributed by atoms with Crippen molar-refractivity contribution in [2.24, 2.45) is 5.41 Å². The first-order chi connectivity index (χ1) is 7.63. The van der Waals surface area contributed by atoms with Crippen LogP contribution in [-0.4, -0.2) is 36.6 Å². The van der Waals surface area contributed by atoms with E-state index in [1.54, 1.807) is 0 Å². The molecule has 0 radical (unpaired) electrons. The Bertz CT molecular complexity index is 349. The molecule has 2 heterocycles. The summed E-state index contributed by atoms with van der Waals surface area (Å²) in [7, 11) is 2.01. The quantitative estimate of drug-likeness (QED) is 0.831. The summed E-state index contributed by atoms with van der Waals surface area (Å²) in [6.45, 7) is 7.48. The first-order valence-corrected chi connectivity index (χ1v) is 5.81. The van der Waals surface area contributed by atoms with Crippen LogP contribution in [0.25, 0.3) is 0 Å². The second kappa shape index (κ2) is 4.37. The number of aromatic nitrogens is 2. The molecular weight excluding hydrogens is 200 g/mol. The van der Waals surface area contributed by atoms with Crippen molar-refractivity contribution in [3.05, 3.63) is 18.0 Å². The van der Waals surface area contributed by atoms with Gasteiger partial charge >= 0.3 is 0 Å². The topological polar surface area (TPSA) is 41.0 Å². The van der Waals surface area contributed by atoms with Crippen molar-refractivity contribution in [2.75, 3.05) is 31.6 Å². The highest BCUT2D eigenvalue weighted by molar-refractivity contribution is 5.32. The lowest BCUT2D eigenvalue weighted by molar-refractivity contribution is 0.355. The van der Waals surface area contributed by atoms with Crippen molar-refractivity contribution in [3.63, 3.8) is 0 Å². The first kappa shape index (κ1) is 11.3. The number of rotatable bonds is 3. The number of anilines is 1. The van der Waals surface area contributed by atoms with E-state index >= 15 is 0 Å². The lowest BCUT2D eigenvalue weighted by Gasteiger charge is -2.24. The molecule has 1 unspecified atom stereocenters. The molecule has 1 atom stereocenters. The maximum absolute atomic E-state index is 4.38. The molecule has 0 bridgehead atoms. The van der Waals surface area contributed by atoms with Gasteiger partial charge in [-0.2, -0.15) is 0 Å². The maximum atomic E-state index is 4.38. The Morgan fingerprint density at radius 2 is 2.12 bits per heavy atom. The molecule has 4 nitrogen and oxygen atoms in total. The van der Waals surface area contributed by atoms with Crippen molar-refractivity contribution in [1.29, 1.82) is 0 Å². The molecule has 1 aromatic rings. The Morgan fingerprint density at radius 3 is 2.75 bits per heavy atom. The van der Waals surface area contributed by atoms with E-state index in [0.29, 0.717) is 5.41 Å². The zero-order valence-corrected chi connectivity index (χ0v) is 10.3. The molecule has 1 aliphatic heterocycles. The van der Waals surface area contributed by atoms with E-state index in [4.69, 9.17) is 0 Å². The van der Waals surface area contributed by atoms with Gasteiger partial charge in [0.15, 0.2) is 0 Å². The Morgan fingerprint density at radius 1 is 1.44 bits per heavy atom. The number of nitrogens with one attached hydrogen (secondary N) is 1. The van der Waals surface area contributed by atoms with Crippen LogP contribution in [0.15, 0.2) is 12.4 Å². The third-order valence-corrected chi connectivity index (χ3v) is 3.21. The van der Waals surface area contributed by atoms with E-state index in [2.05, 4.69) is 27.1 Å². The Balaban J connectivity index is 2.06. The lowest BCUT2D eigenvalue weighted by atomic mass is 9.90. The van der Waals surface area contributed by atoms with Gasteiger partial charge < -0.3 is 10.2 Å². The minimum Gasteiger partial charge on any atom is -0.340 e. The molecule has 0 amide bonds. The van der Waals surface area contributed by atoms with Gasteiger partial charge in [-0.1, -0.05) is 6.92 Å². The summed E-state index contributed by atoms with van der Waals surface area (Å²) < 4.78 is 0. The van der Waals surface area contributed by atoms with Gasteiger partial charge in [0.25, 0.3) is 0 Å². The standard InChI is InChI=1S/C12H20N4/c1-10-6-14-11(15-7-10)16-5-4-12(2,9-16)8-13-3/h6-7,13H,4-5,8-9H2,1-3H3. The maximum Gasteiger partial charge on any atom is 0.225 e. The highest BCUT2D eigenvalue weighted by atomic mass is 15.3. The molecule has 1 fully saturated rings. The second-order valence-corrected chi connectivity index (χ2v) is 5.07. The fourth-order valence-electron chi connectivity index (χ4n) is 2.31. The van der Waals surface area contributed by atoms with Gasteiger partial charge in [0.05, 0.1) is 0 Å². The van der Waals surface area contributed by atoms with Gasteiger partial charge in [-0.25, -0.2) is 9.97 Å². The van der Waals surface area contributed by atoms with Crippen molar-refractivity contribution in [3.8, 4) is 0 Å². The van der Waals surface area contributed by atoms with E-state index in [0.717, 1.165) is 31.1 Å². The Labute approximate surface area is 97.1 Å². The van der Waals surface area contributed by atoms with Crippen LogP contribution in [0.1, 0.15) is 18.9 Å². The molecule has 88 valence electrons. The average Bonchev–Trinajstić information content (AvgIpc) is 2.62. The predicted molar refractivity (Wildman–Crippen MR) is 65.6 cm³/mol. The van der Waals surface area contributed by atoms with E-state index in [1.165, 1.54) is 6.42 Å². The molecule has 0 spiro atoms. The molecule has 1 aliphatic rings. The zero-order valence-electron chi connectivity index (χ0n) is 10.3. The van der Waals surface area contributed by atoms with Gasteiger partial charge in [0, 0.05) is 32.0 Å². The molecule has 1 aromatic heterocycles. The van der Waals surface area contributed by atoms with Crippen LogP contribution in [0, 0.1) is 12.3 Å². The fourth-order valence-corrected chi connectivity index (χ4v) is 2.31. The summed E-state index contributed by atoms with van der Waals surface area (Å²) in [4.78, 5) is 11.0. The van der Waals surface area contributed by atoms with Gasteiger partial charge in [-0.15, -0.1) is 0 Å². The molecule has 1 saturated heterocycles. The van der Waals surface area contributed by atoms with Gasteiger partial charge in [0.2, 0.25) is 5.95 Å². The van der Waals surface area contributed by atoms with Crippen LogP contribution in [0.5, 0.6) is 0 Å². The summed E-state index contributed by atoms with van der Waals surface area (Å²) in [6.07, 6.45) is 4.97. The largest absolute Gasteiger partial charge is 0.340 e. The van der Waals surface area contributed by atoms with Crippen LogP contribution in [0.2, 0.25) is 0 Å². The van der Waals surface area contributed by atoms with E-state index in [-0.39, 0.29) is 0 Å². The minimum absolute atomic E-state index is 0.350. The van der Waals surface area contributed by atoms with Crippen molar-refractivity contribution < 1.29 is 0 Å². The van der Waals surface area contributed by atoms with Gasteiger partial charge in [-0.05, 0) is 31.4 Å². The SMILES string of the molecule is CNCC1(C)CCN(c2ncc(C)cn2)C1. The van der Waals surface area contributed by atoms with Crippen LogP contribution in [-0.2, 0) is 0 Å². The minimum atomic E-state index is 0.350. The van der Waals surface area contributed by atoms with Crippen LogP contribution in [0.3, 0.4) is 0 Å². The van der Waals surface area contributed by atoms with Crippen LogP contribution >= 0.6 is 0 Å². The normalized spacial score (nSPS) is 25.1. The van der Waals surface area contributed by atoms with E-state index in [1.807, 2.05) is 26.4 Å². The summed E-state index contributed by atoms with van der Waals surface area (Å²) in [5, 5.41) is 3.26. The predicted octanol–water partition coefficient (Wildman–Crippen LogP) is 1.22. The summed E-state index contributed by atoms with van der Waals surface area (Å²) in [5.41, 5.74) is 1.46.